The summed E-state index contributed by atoms with van der Waals surface area (Å²) in [5.41, 5.74) is 1.28. The number of sulfone groups is 1. The Morgan fingerprint density at radius 2 is 1.82 bits per heavy atom. The van der Waals surface area contributed by atoms with Crippen LogP contribution in [0.25, 0.3) is 0 Å². The maximum absolute atomic E-state index is 11.7. The Bertz CT molecular complexity index is 556. The number of hydrogen-bond donors (Lipinski definition) is 1. The Morgan fingerprint density at radius 1 is 1.29 bits per heavy atom. The van der Waals surface area contributed by atoms with Crippen molar-refractivity contribution in [1.82, 2.24) is 0 Å². The Balaban J connectivity index is 3.66. The molecular weight excluding hydrogens is 240 g/mol. The van der Waals surface area contributed by atoms with E-state index < -0.39 is 15.8 Å². The van der Waals surface area contributed by atoms with Crippen molar-refractivity contribution < 1.29 is 18.3 Å². The van der Waals surface area contributed by atoms with Gasteiger partial charge in [0, 0.05) is 6.26 Å². The number of benzene rings is 1. The molecule has 4 nitrogen and oxygen atoms in total. The van der Waals surface area contributed by atoms with E-state index in [1.165, 1.54) is 6.07 Å². The van der Waals surface area contributed by atoms with Gasteiger partial charge in [-0.3, -0.25) is 0 Å². The van der Waals surface area contributed by atoms with E-state index in [0.717, 1.165) is 6.26 Å². The molecule has 1 rings (SSSR count). The van der Waals surface area contributed by atoms with Crippen LogP contribution >= 0.6 is 0 Å². The van der Waals surface area contributed by atoms with Gasteiger partial charge in [0.05, 0.1) is 10.5 Å². The van der Waals surface area contributed by atoms with Gasteiger partial charge in [-0.05, 0) is 30.0 Å². The lowest BCUT2D eigenvalue weighted by atomic mass is 9.98. The average molecular weight is 256 g/mol. The molecule has 5 heteroatoms. The van der Waals surface area contributed by atoms with E-state index in [2.05, 4.69) is 0 Å². The molecule has 0 unspecified atom stereocenters. The first-order valence-corrected chi connectivity index (χ1v) is 7.11. The zero-order valence-electron chi connectivity index (χ0n) is 10.3. The van der Waals surface area contributed by atoms with Crippen LogP contribution < -0.4 is 0 Å². The predicted octanol–water partition coefficient (Wildman–Crippen LogP) is 2.22. The summed E-state index contributed by atoms with van der Waals surface area (Å²) in [6, 6.07) is 2.90. The first kappa shape index (κ1) is 13.7. The number of carboxylic acids is 1. The van der Waals surface area contributed by atoms with Gasteiger partial charge in [-0.2, -0.15) is 0 Å². The number of carboxylic acid groups (broad SMARTS) is 1. The molecule has 1 aromatic rings. The quantitative estimate of drug-likeness (QED) is 0.900. The van der Waals surface area contributed by atoms with Crippen LogP contribution in [0.3, 0.4) is 0 Å². The monoisotopic (exact) mass is 256 g/mol. The number of aryl methyl sites for hydroxylation is 1. The SMILES string of the molecule is Cc1cc(C(C)C)c(S(C)(=O)=O)cc1C(=O)O. The van der Waals surface area contributed by atoms with E-state index in [-0.39, 0.29) is 16.4 Å². The maximum Gasteiger partial charge on any atom is 0.335 e. The lowest BCUT2D eigenvalue weighted by molar-refractivity contribution is 0.0696. The number of carbonyl (C=O) groups is 1. The maximum atomic E-state index is 11.7. The molecule has 94 valence electrons. The van der Waals surface area contributed by atoms with E-state index in [1.54, 1.807) is 13.0 Å². The van der Waals surface area contributed by atoms with E-state index in [9.17, 15) is 13.2 Å². The lowest BCUT2D eigenvalue weighted by Gasteiger charge is -2.14. The Hall–Kier alpha value is -1.36. The standard InChI is InChI=1S/C12H16O4S/c1-7(2)9-5-8(3)10(12(13)14)6-11(9)17(4,15)16/h5-7H,1-4H3,(H,13,14). The summed E-state index contributed by atoms with van der Waals surface area (Å²) >= 11 is 0. The van der Waals surface area contributed by atoms with Crippen molar-refractivity contribution in [2.45, 2.75) is 31.6 Å². The van der Waals surface area contributed by atoms with Crippen molar-refractivity contribution in [3.05, 3.63) is 28.8 Å². The van der Waals surface area contributed by atoms with E-state index in [1.807, 2.05) is 13.8 Å². The van der Waals surface area contributed by atoms with Gasteiger partial charge in [0.25, 0.3) is 0 Å². The Kier molecular flexibility index (Phi) is 3.62. The zero-order chi connectivity index (χ0) is 13.4. The molecule has 0 bridgehead atoms. The van der Waals surface area contributed by atoms with E-state index in [4.69, 9.17) is 5.11 Å². The van der Waals surface area contributed by atoms with Crippen LogP contribution in [0.4, 0.5) is 0 Å². The molecule has 0 aromatic heterocycles. The normalized spacial score (nSPS) is 11.8. The summed E-state index contributed by atoms with van der Waals surface area (Å²) in [6.07, 6.45) is 1.09. The average Bonchev–Trinajstić information content (AvgIpc) is 2.14. The largest absolute Gasteiger partial charge is 0.478 e. The smallest absolute Gasteiger partial charge is 0.335 e. The van der Waals surface area contributed by atoms with Crippen molar-refractivity contribution in [3.8, 4) is 0 Å². The second kappa shape index (κ2) is 4.49. The van der Waals surface area contributed by atoms with Gasteiger partial charge in [-0.15, -0.1) is 0 Å². The Morgan fingerprint density at radius 3 is 2.18 bits per heavy atom. The molecule has 0 aliphatic rings. The van der Waals surface area contributed by atoms with Gasteiger partial charge >= 0.3 is 5.97 Å². The second-order valence-corrected chi connectivity index (χ2v) is 6.42. The Labute approximate surface area is 101 Å². The van der Waals surface area contributed by atoms with Gasteiger partial charge in [-0.1, -0.05) is 19.9 Å². The van der Waals surface area contributed by atoms with Crippen LogP contribution in [0.1, 0.15) is 41.3 Å². The summed E-state index contributed by atoms with van der Waals surface area (Å²) in [5, 5.41) is 8.99. The molecule has 0 atom stereocenters. The fourth-order valence-corrected chi connectivity index (χ4v) is 2.77. The molecule has 0 aliphatic carbocycles. The summed E-state index contributed by atoms with van der Waals surface area (Å²) < 4.78 is 23.3. The van der Waals surface area contributed by atoms with Crippen molar-refractivity contribution in [2.75, 3.05) is 6.26 Å². The molecule has 0 amide bonds. The summed E-state index contributed by atoms with van der Waals surface area (Å²) in [6.45, 7) is 5.43. The van der Waals surface area contributed by atoms with Crippen molar-refractivity contribution in [1.29, 1.82) is 0 Å². The third-order valence-electron chi connectivity index (χ3n) is 2.61. The molecule has 0 heterocycles. The van der Waals surface area contributed by atoms with Crippen LogP contribution in [0, 0.1) is 6.92 Å². The predicted molar refractivity (Wildman–Crippen MR) is 65.3 cm³/mol. The zero-order valence-corrected chi connectivity index (χ0v) is 11.1. The highest BCUT2D eigenvalue weighted by atomic mass is 32.2. The van der Waals surface area contributed by atoms with Crippen LogP contribution in [0.2, 0.25) is 0 Å². The van der Waals surface area contributed by atoms with Crippen LogP contribution in [-0.4, -0.2) is 25.7 Å². The highest BCUT2D eigenvalue weighted by Gasteiger charge is 2.20. The minimum Gasteiger partial charge on any atom is -0.478 e. The second-order valence-electron chi connectivity index (χ2n) is 4.44. The van der Waals surface area contributed by atoms with Crippen LogP contribution in [0.5, 0.6) is 0 Å². The van der Waals surface area contributed by atoms with Crippen LogP contribution in [-0.2, 0) is 9.84 Å². The molecule has 0 saturated heterocycles. The molecule has 0 aliphatic heterocycles. The summed E-state index contributed by atoms with van der Waals surface area (Å²) in [7, 11) is -3.41. The molecule has 0 fully saturated rings. The number of aromatic carboxylic acids is 1. The van der Waals surface area contributed by atoms with Gasteiger partial charge in [0.1, 0.15) is 0 Å². The third-order valence-corrected chi connectivity index (χ3v) is 3.76. The highest BCUT2D eigenvalue weighted by Crippen LogP contribution is 2.27. The fraction of sp³-hybridized carbons (Fsp3) is 0.417. The first-order chi connectivity index (χ1) is 7.64. The van der Waals surface area contributed by atoms with E-state index >= 15 is 0 Å². The molecule has 17 heavy (non-hydrogen) atoms. The van der Waals surface area contributed by atoms with Gasteiger partial charge in [-0.25, -0.2) is 13.2 Å². The summed E-state index contributed by atoms with van der Waals surface area (Å²) in [5.74, 6) is -1.08. The molecular formula is C12H16O4S. The first-order valence-electron chi connectivity index (χ1n) is 5.22. The molecule has 0 saturated carbocycles. The molecule has 1 aromatic carbocycles. The van der Waals surface area contributed by atoms with Gasteiger partial charge in [0.2, 0.25) is 0 Å². The van der Waals surface area contributed by atoms with Gasteiger partial charge in [0.15, 0.2) is 9.84 Å². The number of hydrogen-bond acceptors (Lipinski definition) is 3. The number of rotatable bonds is 3. The topological polar surface area (TPSA) is 71.4 Å². The fourth-order valence-electron chi connectivity index (χ4n) is 1.71. The van der Waals surface area contributed by atoms with Crippen molar-refractivity contribution >= 4 is 15.8 Å². The van der Waals surface area contributed by atoms with Crippen molar-refractivity contribution in [3.63, 3.8) is 0 Å². The third kappa shape index (κ3) is 2.85. The van der Waals surface area contributed by atoms with Gasteiger partial charge < -0.3 is 5.11 Å². The van der Waals surface area contributed by atoms with Crippen LogP contribution in [0.15, 0.2) is 17.0 Å². The minimum atomic E-state index is -3.41. The summed E-state index contributed by atoms with van der Waals surface area (Å²) in [4.78, 5) is 11.1. The van der Waals surface area contributed by atoms with E-state index in [0.29, 0.717) is 11.1 Å². The lowest BCUT2D eigenvalue weighted by Crippen LogP contribution is -2.09. The molecule has 0 radical (unpaired) electrons. The molecule has 0 spiro atoms. The highest BCUT2D eigenvalue weighted by molar-refractivity contribution is 7.90. The minimum absolute atomic E-state index is 0.0290. The van der Waals surface area contributed by atoms with Crippen molar-refractivity contribution in [2.24, 2.45) is 0 Å². The molecule has 1 N–H and O–H groups in total.